The molecule has 0 bridgehead atoms. The Kier molecular flexibility index (Phi) is 8.30. The molecule has 33 heavy (non-hydrogen) atoms. The van der Waals surface area contributed by atoms with Gasteiger partial charge in [0.05, 0.1) is 12.3 Å². The fourth-order valence-corrected chi connectivity index (χ4v) is 4.33. The molecule has 3 rings (SSSR count). The first-order valence-corrected chi connectivity index (χ1v) is 11.7. The van der Waals surface area contributed by atoms with Crippen LogP contribution in [-0.2, 0) is 16.1 Å². The Bertz CT molecular complexity index is 1150. The molecule has 0 fully saturated rings. The van der Waals surface area contributed by atoms with E-state index in [0.717, 1.165) is 27.9 Å². The molecule has 0 aliphatic carbocycles. The van der Waals surface area contributed by atoms with Gasteiger partial charge in [-0.1, -0.05) is 47.1 Å². The van der Waals surface area contributed by atoms with Gasteiger partial charge >= 0.3 is 0 Å². The van der Waals surface area contributed by atoms with Crippen molar-refractivity contribution in [2.24, 2.45) is 0 Å². The van der Waals surface area contributed by atoms with Crippen molar-refractivity contribution < 1.29 is 9.59 Å². The second kappa shape index (κ2) is 11.2. The number of hydrogen-bond acceptors (Lipinski definition) is 5. The Labute approximate surface area is 202 Å². The summed E-state index contributed by atoms with van der Waals surface area (Å²) in [5.41, 5.74) is 4.75. The SMILES string of the molecule is C=CCn1c(SCC(=O)NCC(=O)Nc2c(C)cc(C)cc2C)nnc1-c1ccc(Cl)cc1. The lowest BCUT2D eigenvalue weighted by Crippen LogP contribution is -2.34. The summed E-state index contributed by atoms with van der Waals surface area (Å²) < 4.78 is 1.88. The Balaban J connectivity index is 1.57. The van der Waals surface area contributed by atoms with Crippen LogP contribution in [0.25, 0.3) is 11.4 Å². The molecule has 1 aromatic heterocycles. The van der Waals surface area contributed by atoms with E-state index in [1.165, 1.54) is 11.8 Å². The monoisotopic (exact) mass is 483 g/mol. The zero-order valence-electron chi connectivity index (χ0n) is 18.8. The maximum atomic E-state index is 12.3. The zero-order chi connectivity index (χ0) is 24.0. The van der Waals surface area contributed by atoms with Crippen LogP contribution in [0.4, 0.5) is 5.69 Å². The molecule has 9 heteroatoms. The van der Waals surface area contributed by atoms with Crippen molar-refractivity contribution in [1.82, 2.24) is 20.1 Å². The minimum Gasteiger partial charge on any atom is -0.346 e. The van der Waals surface area contributed by atoms with Crippen LogP contribution in [0.1, 0.15) is 16.7 Å². The topological polar surface area (TPSA) is 88.9 Å². The molecule has 0 unspecified atom stereocenters. The molecule has 0 aliphatic heterocycles. The van der Waals surface area contributed by atoms with Gasteiger partial charge in [0, 0.05) is 22.8 Å². The minimum atomic E-state index is -0.275. The van der Waals surface area contributed by atoms with Gasteiger partial charge in [-0.05, 0) is 56.2 Å². The van der Waals surface area contributed by atoms with E-state index in [2.05, 4.69) is 27.4 Å². The number of thioether (sulfide) groups is 1. The molecule has 0 saturated heterocycles. The number of carbonyl (C=O) groups excluding carboxylic acids is 2. The van der Waals surface area contributed by atoms with Crippen molar-refractivity contribution in [3.63, 3.8) is 0 Å². The van der Waals surface area contributed by atoms with Crippen LogP contribution < -0.4 is 10.6 Å². The van der Waals surface area contributed by atoms with Crippen LogP contribution in [-0.4, -0.2) is 38.9 Å². The summed E-state index contributed by atoms with van der Waals surface area (Å²) in [6.07, 6.45) is 1.74. The quantitative estimate of drug-likeness (QED) is 0.344. The lowest BCUT2D eigenvalue weighted by molar-refractivity contribution is -0.122. The van der Waals surface area contributed by atoms with Crippen LogP contribution in [0, 0.1) is 20.8 Å². The summed E-state index contributed by atoms with van der Waals surface area (Å²) in [7, 11) is 0. The highest BCUT2D eigenvalue weighted by Gasteiger charge is 2.16. The standard InChI is InChI=1S/C24H26ClN5O2S/c1-5-10-30-23(18-6-8-19(25)9-7-18)28-29-24(30)33-14-21(32)26-13-20(31)27-22-16(3)11-15(2)12-17(22)4/h5-9,11-12H,1,10,13-14H2,2-4H3,(H,26,32)(H,27,31). The molecule has 2 N–H and O–H groups in total. The van der Waals surface area contributed by atoms with Crippen LogP contribution >= 0.6 is 23.4 Å². The largest absolute Gasteiger partial charge is 0.346 e. The smallest absolute Gasteiger partial charge is 0.243 e. The van der Waals surface area contributed by atoms with E-state index in [0.29, 0.717) is 22.5 Å². The fourth-order valence-electron chi connectivity index (χ4n) is 3.42. The van der Waals surface area contributed by atoms with Crippen molar-refractivity contribution >= 4 is 40.9 Å². The van der Waals surface area contributed by atoms with Crippen LogP contribution in [0.5, 0.6) is 0 Å². The van der Waals surface area contributed by atoms with Crippen molar-refractivity contribution in [3.05, 3.63) is 70.8 Å². The predicted molar refractivity (Wildman–Crippen MR) is 134 cm³/mol. The number of rotatable bonds is 9. The molecule has 172 valence electrons. The van der Waals surface area contributed by atoms with Gasteiger partial charge in [0.2, 0.25) is 11.8 Å². The van der Waals surface area contributed by atoms with E-state index >= 15 is 0 Å². The van der Waals surface area contributed by atoms with Gasteiger partial charge in [-0.15, -0.1) is 16.8 Å². The highest BCUT2D eigenvalue weighted by Crippen LogP contribution is 2.25. The molecule has 2 amide bonds. The van der Waals surface area contributed by atoms with Crippen molar-refractivity contribution in [2.45, 2.75) is 32.5 Å². The van der Waals surface area contributed by atoms with Crippen molar-refractivity contribution in [3.8, 4) is 11.4 Å². The summed E-state index contributed by atoms with van der Waals surface area (Å²) in [5.74, 6) is 0.223. The average molecular weight is 484 g/mol. The van der Waals surface area contributed by atoms with Crippen molar-refractivity contribution in [1.29, 1.82) is 0 Å². The van der Waals surface area contributed by atoms with E-state index < -0.39 is 0 Å². The second-order valence-electron chi connectivity index (χ2n) is 7.60. The van der Waals surface area contributed by atoms with Crippen LogP contribution in [0.3, 0.4) is 0 Å². The third-order valence-electron chi connectivity index (χ3n) is 4.85. The van der Waals surface area contributed by atoms with E-state index in [1.54, 1.807) is 18.2 Å². The summed E-state index contributed by atoms with van der Waals surface area (Å²) in [4.78, 5) is 24.7. The van der Waals surface area contributed by atoms with E-state index in [9.17, 15) is 9.59 Å². The summed E-state index contributed by atoms with van der Waals surface area (Å²) in [6.45, 7) is 10.1. The molecule has 1 heterocycles. The molecule has 0 saturated carbocycles. The van der Waals surface area contributed by atoms with Gasteiger partial charge < -0.3 is 10.6 Å². The lowest BCUT2D eigenvalue weighted by Gasteiger charge is -2.13. The summed E-state index contributed by atoms with van der Waals surface area (Å²) in [5, 5.41) is 15.2. The molecule has 0 atom stereocenters. The number of nitrogens with one attached hydrogen (secondary N) is 2. The number of nitrogens with zero attached hydrogens (tertiary/aromatic N) is 3. The van der Waals surface area contributed by atoms with Gasteiger partial charge in [-0.3, -0.25) is 14.2 Å². The van der Waals surface area contributed by atoms with Gasteiger partial charge in [-0.2, -0.15) is 0 Å². The Morgan fingerprint density at radius 1 is 1.09 bits per heavy atom. The second-order valence-corrected chi connectivity index (χ2v) is 8.98. The van der Waals surface area contributed by atoms with Gasteiger partial charge in [0.25, 0.3) is 0 Å². The Morgan fingerprint density at radius 3 is 2.39 bits per heavy atom. The molecule has 0 radical (unpaired) electrons. The van der Waals surface area contributed by atoms with Gasteiger partial charge in [0.1, 0.15) is 0 Å². The molecule has 0 spiro atoms. The third-order valence-corrected chi connectivity index (χ3v) is 6.07. The van der Waals surface area contributed by atoms with E-state index in [1.807, 2.05) is 49.6 Å². The van der Waals surface area contributed by atoms with E-state index in [4.69, 9.17) is 11.6 Å². The number of amides is 2. The molecule has 2 aromatic carbocycles. The van der Waals surface area contributed by atoms with Crippen LogP contribution in [0.15, 0.2) is 54.2 Å². The van der Waals surface area contributed by atoms with Gasteiger partial charge in [-0.25, -0.2) is 0 Å². The number of halogens is 1. The molecular weight excluding hydrogens is 458 g/mol. The maximum absolute atomic E-state index is 12.3. The molecule has 7 nitrogen and oxygen atoms in total. The molecular formula is C24H26ClN5O2S. The Morgan fingerprint density at radius 2 is 1.76 bits per heavy atom. The predicted octanol–water partition coefficient (Wildman–Crippen LogP) is 4.56. The number of anilines is 1. The van der Waals surface area contributed by atoms with Crippen molar-refractivity contribution in [2.75, 3.05) is 17.6 Å². The first-order valence-electron chi connectivity index (χ1n) is 10.4. The van der Waals surface area contributed by atoms with Crippen LogP contribution in [0.2, 0.25) is 5.02 Å². The van der Waals surface area contributed by atoms with E-state index in [-0.39, 0.29) is 24.1 Å². The first kappa shape index (κ1) is 24.5. The maximum Gasteiger partial charge on any atom is 0.243 e. The fraction of sp³-hybridized carbons (Fsp3) is 0.250. The number of benzene rings is 2. The highest BCUT2D eigenvalue weighted by molar-refractivity contribution is 7.99. The van der Waals surface area contributed by atoms with Gasteiger partial charge in [0.15, 0.2) is 11.0 Å². The zero-order valence-corrected chi connectivity index (χ0v) is 20.4. The molecule has 3 aromatic rings. The number of allylic oxidation sites excluding steroid dienone is 1. The Hall–Kier alpha value is -3.10. The normalized spacial score (nSPS) is 10.7. The third kappa shape index (κ3) is 6.46. The number of carbonyl (C=O) groups is 2. The summed E-state index contributed by atoms with van der Waals surface area (Å²) >= 11 is 7.22. The average Bonchev–Trinajstić information content (AvgIpc) is 3.16. The number of aryl methyl sites for hydroxylation is 3. The molecule has 0 aliphatic rings. The highest BCUT2D eigenvalue weighted by atomic mass is 35.5. The lowest BCUT2D eigenvalue weighted by atomic mass is 10.1. The first-order chi connectivity index (χ1) is 15.8. The number of aromatic nitrogens is 3. The minimum absolute atomic E-state index is 0.103. The summed E-state index contributed by atoms with van der Waals surface area (Å²) in [6, 6.07) is 11.3. The number of hydrogen-bond donors (Lipinski definition) is 2.